The Kier molecular flexibility index (Phi) is 2.50. The molecule has 2 rings (SSSR count). The highest BCUT2D eigenvalue weighted by atomic mass is 35.5. The van der Waals surface area contributed by atoms with Crippen LogP contribution in [0.4, 0.5) is 11.5 Å². The van der Waals surface area contributed by atoms with Gasteiger partial charge >= 0.3 is 0 Å². The zero-order valence-electron chi connectivity index (χ0n) is 8.20. The molecule has 4 heteroatoms. The Bertz CT molecular complexity index is 316. The van der Waals surface area contributed by atoms with E-state index >= 15 is 0 Å². The number of nitrogen functional groups attached to an aromatic ring is 1. The SMILES string of the molecule is CCN(c1cc(N)cc(Cl)n1)C1CC1. The van der Waals surface area contributed by atoms with Gasteiger partial charge in [0.25, 0.3) is 0 Å². The van der Waals surface area contributed by atoms with Crippen LogP contribution < -0.4 is 10.6 Å². The van der Waals surface area contributed by atoms with Crippen LogP contribution in [0.5, 0.6) is 0 Å². The Hall–Kier alpha value is -0.960. The predicted octanol–water partition coefficient (Wildman–Crippen LogP) is 2.31. The van der Waals surface area contributed by atoms with Gasteiger partial charge in [0.15, 0.2) is 0 Å². The minimum Gasteiger partial charge on any atom is -0.399 e. The highest BCUT2D eigenvalue weighted by Crippen LogP contribution is 2.31. The molecule has 1 aliphatic carbocycles. The molecule has 0 radical (unpaired) electrons. The van der Waals surface area contributed by atoms with Crippen molar-refractivity contribution in [1.82, 2.24) is 4.98 Å². The van der Waals surface area contributed by atoms with Gasteiger partial charge in [0.05, 0.1) is 0 Å². The van der Waals surface area contributed by atoms with E-state index in [2.05, 4.69) is 16.8 Å². The van der Waals surface area contributed by atoms with Gasteiger partial charge in [-0.25, -0.2) is 4.98 Å². The van der Waals surface area contributed by atoms with Gasteiger partial charge in [-0.3, -0.25) is 0 Å². The molecule has 0 unspecified atom stereocenters. The van der Waals surface area contributed by atoms with Crippen molar-refractivity contribution in [2.75, 3.05) is 17.2 Å². The number of rotatable bonds is 3. The Morgan fingerprint density at radius 1 is 1.57 bits per heavy atom. The third-order valence-electron chi connectivity index (χ3n) is 2.43. The van der Waals surface area contributed by atoms with Crippen LogP contribution in [0, 0.1) is 0 Å². The fraction of sp³-hybridized carbons (Fsp3) is 0.500. The maximum Gasteiger partial charge on any atom is 0.133 e. The lowest BCUT2D eigenvalue weighted by Crippen LogP contribution is -2.26. The van der Waals surface area contributed by atoms with Crippen LogP contribution in [0.2, 0.25) is 5.15 Å². The van der Waals surface area contributed by atoms with Crippen molar-refractivity contribution in [3.05, 3.63) is 17.3 Å². The molecule has 1 aromatic rings. The highest BCUT2D eigenvalue weighted by molar-refractivity contribution is 6.29. The van der Waals surface area contributed by atoms with Crippen molar-refractivity contribution < 1.29 is 0 Å². The number of hydrogen-bond donors (Lipinski definition) is 1. The fourth-order valence-corrected chi connectivity index (χ4v) is 1.86. The molecular weight excluding hydrogens is 198 g/mol. The Balaban J connectivity index is 2.28. The summed E-state index contributed by atoms with van der Waals surface area (Å²) in [5, 5.41) is 0.471. The Morgan fingerprint density at radius 3 is 2.79 bits per heavy atom. The number of halogens is 1. The average Bonchev–Trinajstić information content (AvgIpc) is 2.87. The second kappa shape index (κ2) is 3.65. The van der Waals surface area contributed by atoms with Crippen LogP contribution in [-0.4, -0.2) is 17.6 Å². The maximum atomic E-state index is 5.86. The van der Waals surface area contributed by atoms with Gasteiger partial charge in [-0.2, -0.15) is 0 Å². The lowest BCUT2D eigenvalue weighted by molar-refractivity contribution is 0.809. The van der Waals surface area contributed by atoms with E-state index in [1.807, 2.05) is 6.07 Å². The molecule has 1 saturated carbocycles. The van der Waals surface area contributed by atoms with Crippen molar-refractivity contribution in [2.24, 2.45) is 0 Å². The van der Waals surface area contributed by atoms with Crippen molar-refractivity contribution in [2.45, 2.75) is 25.8 Å². The van der Waals surface area contributed by atoms with E-state index in [1.54, 1.807) is 6.07 Å². The summed E-state index contributed by atoms with van der Waals surface area (Å²) >= 11 is 5.86. The summed E-state index contributed by atoms with van der Waals surface area (Å²) in [6.45, 7) is 3.08. The van der Waals surface area contributed by atoms with Crippen LogP contribution >= 0.6 is 11.6 Å². The van der Waals surface area contributed by atoms with Gasteiger partial charge in [0, 0.05) is 24.3 Å². The van der Waals surface area contributed by atoms with Crippen LogP contribution in [0.1, 0.15) is 19.8 Å². The lowest BCUT2D eigenvalue weighted by atomic mass is 10.3. The first-order chi connectivity index (χ1) is 6.70. The summed E-state index contributed by atoms with van der Waals surface area (Å²) in [6, 6.07) is 4.20. The van der Waals surface area contributed by atoms with E-state index in [0.29, 0.717) is 16.9 Å². The molecule has 14 heavy (non-hydrogen) atoms. The molecule has 1 aliphatic rings. The zero-order valence-corrected chi connectivity index (χ0v) is 8.96. The molecule has 0 atom stereocenters. The smallest absolute Gasteiger partial charge is 0.133 e. The summed E-state index contributed by atoms with van der Waals surface area (Å²) in [4.78, 5) is 6.53. The number of pyridine rings is 1. The summed E-state index contributed by atoms with van der Waals surface area (Å²) in [5.41, 5.74) is 6.40. The number of hydrogen-bond acceptors (Lipinski definition) is 3. The first-order valence-corrected chi connectivity index (χ1v) is 5.28. The first-order valence-electron chi connectivity index (χ1n) is 4.90. The van der Waals surface area contributed by atoms with E-state index in [4.69, 9.17) is 17.3 Å². The van der Waals surface area contributed by atoms with Crippen LogP contribution in [-0.2, 0) is 0 Å². The summed E-state index contributed by atoms with van der Waals surface area (Å²) in [6.07, 6.45) is 2.50. The van der Waals surface area contributed by atoms with Gasteiger partial charge in [0.1, 0.15) is 11.0 Å². The molecule has 0 bridgehead atoms. The number of nitrogens with two attached hydrogens (primary N) is 1. The summed E-state index contributed by atoms with van der Waals surface area (Å²) in [7, 11) is 0. The molecule has 0 saturated heterocycles. The number of aromatic nitrogens is 1. The fourth-order valence-electron chi connectivity index (χ4n) is 1.64. The largest absolute Gasteiger partial charge is 0.399 e. The molecule has 0 amide bonds. The minimum atomic E-state index is 0.471. The Morgan fingerprint density at radius 2 is 2.29 bits per heavy atom. The van der Waals surface area contributed by atoms with E-state index in [-0.39, 0.29) is 0 Å². The Labute approximate surface area is 88.9 Å². The van der Waals surface area contributed by atoms with E-state index in [1.165, 1.54) is 12.8 Å². The molecule has 3 nitrogen and oxygen atoms in total. The van der Waals surface area contributed by atoms with Crippen LogP contribution in [0.15, 0.2) is 12.1 Å². The maximum absolute atomic E-state index is 5.86. The third kappa shape index (κ3) is 1.93. The van der Waals surface area contributed by atoms with Crippen LogP contribution in [0.25, 0.3) is 0 Å². The van der Waals surface area contributed by atoms with Gasteiger partial charge in [-0.05, 0) is 25.8 Å². The third-order valence-corrected chi connectivity index (χ3v) is 2.62. The van der Waals surface area contributed by atoms with Gasteiger partial charge in [0.2, 0.25) is 0 Å². The second-order valence-corrected chi connectivity index (χ2v) is 3.99. The lowest BCUT2D eigenvalue weighted by Gasteiger charge is -2.21. The second-order valence-electron chi connectivity index (χ2n) is 3.60. The molecule has 0 aromatic carbocycles. The molecule has 2 N–H and O–H groups in total. The quantitative estimate of drug-likeness (QED) is 0.781. The standard InChI is InChI=1S/C10H14ClN3/c1-2-14(8-3-4-8)10-6-7(12)5-9(11)13-10/h5-6,8H,2-4H2,1H3,(H2,12,13). The topological polar surface area (TPSA) is 42.1 Å². The van der Waals surface area contributed by atoms with Crippen molar-refractivity contribution in [3.63, 3.8) is 0 Å². The normalized spacial score (nSPS) is 15.6. The number of nitrogens with zero attached hydrogens (tertiary/aromatic N) is 2. The highest BCUT2D eigenvalue weighted by Gasteiger charge is 2.28. The minimum absolute atomic E-state index is 0.471. The van der Waals surface area contributed by atoms with Crippen molar-refractivity contribution in [3.8, 4) is 0 Å². The molecule has 0 spiro atoms. The van der Waals surface area contributed by atoms with Crippen LogP contribution in [0.3, 0.4) is 0 Å². The van der Waals surface area contributed by atoms with Gasteiger partial charge in [-0.1, -0.05) is 11.6 Å². The summed E-state index contributed by atoms with van der Waals surface area (Å²) in [5.74, 6) is 0.903. The van der Waals surface area contributed by atoms with Gasteiger partial charge < -0.3 is 10.6 Å². The number of anilines is 2. The molecule has 1 fully saturated rings. The van der Waals surface area contributed by atoms with Gasteiger partial charge in [-0.15, -0.1) is 0 Å². The zero-order chi connectivity index (χ0) is 10.1. The molecule has 1 aromatic heterocycles. The van der Waals surface area contributed by atoms with Crippen molar-refractivity contribution >= 4 is 23.1 Å². The molecule has 0 aliphatic heterocycles. The average molecular weight is 212 g/mol. The molecule has 76 valence electrons. The first kappa shape index (κ1) is 9.59. The monoisotopic (exact) mass is 211 g/mol. The van der Waals surface area contributed by atoms with E-state index < -0.39 is 0 Å². The molecule has 1 heterocycles. The van der Waals surface area contributed by atoms with E-state index in [9.17, 15) is 0 Å². The molecular formula is C10H14ClN3. The van der Waals surface area contributed by atoms with Crippen molar-refractivity contribution in [1.29, 1.82) is 0 Å². The van der Waals surface area contributed by atoms with E-state index in [0.717, 1.165) is 12.4 Å². The summed E-state index contributed by atoms with van der Waals surface area (Å²) < 4.78 is 0. The predicted molar refractivity (Wildman–Crippen MR) is 59.7 cm³/mol.